The summed E-state index contributed by atoms with van der Waals surface area (Å²) in [6, 6.07) is -0.990. The lowest BCUT2D eigenvalue weighted by molar-refractivity contribution is -0.142. The van der Waals surface area contributed by atoms with Gasteiger partial charge in [0, 0.05) is 24.9 Å². The SMILES string of the molecule is CCCC(C(=O)O)N(CCc1cnc[nH]1)C(=O)O. The molecule has 0 bridgehead atoms. The topological polar surface area (TPSA) is 107 Å². The van der Waals surface area contributed by atoms with Gasteiger partial charge in [-0.25, -0.2) is 14.6 Å². The number of nitrogens with zero attached hydrogens (tertiary/aromatic N) is 2. The summed E-state index contributed by atoms with van der Waals surface area (Å²) >= 11 is 0. The Morgan fingerprint density at radius 1 is 1.50 bits per heavy atom. The van der Waals surface area contributed by atoms with E-state index in [0.717, 1.165) is 10.6 Å². The van der Waals surface area contributed by atoms with Crippen molar-refractivity contribution in [3.63, 3.8) is 0 Å². The molecule has 1 heterocycles. The van der Waals surface area contributed by atoms with Crippen LogP contribution < -0.4 is 0 Å². The van der Waals surface area contributed by atoms with Gasteiger partial charge in [-0.1, -0.05) is 13.3 Å². The van der Waals surface area contributed by atoms with E-state index in [4.69, 9.17) is 10.2 Å². The summed E-state index contributed by atoms with van der Waals surface area (Å²) < 4.78 is 0. The third-order valence-corrected chi connectivity index (χ3v) is 2.65. The molecule has 0 fully saturated rings. The summed E-state index contributed by atoms with van der Waals surface area (Å²) in [6.07, 6.45) is 3.22. The molecule has 0 spiro atoms. The van der Waals surface area contributed by atoms with E-state index in [-0.39, 0.29) is 6.54 Å². The van der Waals surface area contributed by atoms with Crippen LogP contribution in [-0.4, -0.2) is 49.7 Å². The first kappa shape index (κ1) is 14.0. The molecule has 1 aromatic rings. The van der Waals surface area contributed by atoms with Crippen LogP contribution in [0.15, 0.2) is 12.5 Å². The van der Waals surface area contributed by atoms with E-state index < -0.39 is 18.1 Å². The van der Waals surface area contributed by atoms with E-state index in [1.807, 2.05) is 6.92 Å². The van der Waals surface area contributed by atoms with Gasteiger partial charge in [0.1, 0.15) is 6.04 Å². The first-order valence-corrected chi connectivity index (χ1v) is 5.75. The molecule has 0 aliphatic heterocycles. The zero-order valence-electron chi connectivity index (χ0n) is 10.2. The number of carboxylic acid groups (broad SMARTS) is 2. The van der Waals surface area contributed by atoms with E-state index in [1.165, 1.54) is 6.33 Å². The molecule has 7 nitrogen and oxygen atoms in total. The molecule has 0 saturated heterocycles. The second-order valence-electron chi connectivity index (χ2n) is 3.95. The van der Waals surface area contributed by atoms with Crippen molar-refractivity contribution in [3.8, 4) is 0 Å². The van der Waals surface area contributed by atoms with Gasteiger partial charge in [-0.15, -0.1) is 0 Å². The minimum Gasteiger partial charge on any atom is -0.480 e. The summed E-state index contributed by atoms with van der Waals surface area (Å²) in [5.41, 5.74) is 0.780. The third-order valence-electron chi connectivity index (χ3n) is 2.65. The predicted molar refractivity (Wildman–Crippen MR) is 63.4 cm³/mol. The Bertz CT molecular complexity index is 391. The minimum absolute atomic E-state index is 0.133. The maximum atomic E-state index is 11.1. The number of H-pyrrole nitrogens is 1. The zero-order valence-corrected chi connectivity index (χ0v) is 10.2. The second kappa shape index (κ2) is 6.63. The van der Waals surface area contributed by atoms with Crippen LogP contribution >= 0.6 is 0 Å². The second-order valence-corrected chi connectivity index (χ2v) is 3.95. The molecule has 1 rings (SSSR count). The quantitative estimate of drug-likeness (QED) is 0.678. The molecular formula is C11H17N3O4. The van der Waals surface area contributed by atoms with Crippen molar-refractivity contribution < 1.29 is 19.8 Å². The van der Waals surface area contributed by atoms with Crippen LogP contribution in [0.25, 0.3) is 0 Å². The van der Waals surface area contributed by atoms with Gasteiger partial charge in [-0.05, 0) is 6.42 Å². The number of aromatic amines is 1. The van der Waals surface area contributed by atoms with Gasteiger partial charge in [-0.2, -0.15) is 0 Å². The number of aromatic nitrogens is 2. The number of amides is 1. The fraction of sp³-hybridized carbons (Fsp3) is 0.545. The molecule has 100 valence electrons. The molecule has 1 aromatic heterocycles. The van der Waals surface area contributed by atoms with E-state index in [1.54, 1.807) is 6.20 Å². The number of imidazole rings is 1. The fourth-order valence-corrected chi connectivity index (χ4v) is 1.73. The number of carboxylic acids is 1. The summed E-state index contributed by atoms with van der Waals surface area (Å²) in [7, 11) is 0. The highest BCUT2D eigenvalue weighted by molar-refractivity contribution is 5.79. The lowest BCUT2D eigenvalue weighted by Gasteiger charge is -2.25. The predicted octanol–water partition coefficient (Wildman–Crippen LogP) is 1.19. The van der Waals surface area contributed by atoms with Crippen LogP contribution in [-0.2, 0) is 11.2 Å². The average Bonchev–Trinajstić information content (AvgIpc) is 2.80. The van der Waals surface area contributed by atoms with Crippen LogP contribution in [0.2, 0.25) is 0 Å². The molecule has 0 radical (unpaired) electrons. The zero-order chi connectivity index (χ0) is 13.5. The van der Waals surface area contributed by atoms with E-state index in [2.05, 4.69) is 9.97 Å². The smallest absolute Gasteiger partial charge is 0.408 e. The van der Waals surface area contributed by atoms with Gasteiger partial charge < -0.3 is 15.2 Å². The fourth-order valence-electron chi connectivity index (χ4n) is 1.73. The minimum atomic E-state index is -1.21. The number of hydrogen-bond acceptors (Lipinski definition) is 3. The van der Waals surface area contributed by atoms with Crippen molar-refractivity contribution in [1.29, 1.82) is 0 Å². The largest absolute Gasteiger partial charge is 0.480 e. The van der Waals surface area contributed by atoms with Crippen LogP contribution in [0.3, 0.4) is 0 Å². The summed E-state index contributed by atoms with van der Waals surface area (Å²) in [6.45, 7) is 1.96. The van der Waals surface area contributed by atoms with Gasteiger partial charge in [0.05, 0.1) is 6.33 Å². The Hall–Kier alpha value is -2.05. The molecule has 7 heteroatoms. The highest BCUT2D eigenvalue weighted by Crippen LogP contribution is 2.09. The maximum absolute atomic E-state index is 11.1. The average molecular weight is 255 g/mol. The van der Waals surface area contributed by atoms with Crippen LogP contribution in [0, 0.1) is 0 Å². The number of rotatable bonds is 7. The van der Waals surface area contributed by atoms with Crippen molar-refractivity contribution in [1.82, 2.24) is 14.9 Å². The van der Waals surface area contributed by atoms with Gasteiger partial charge in [-0.3, -0.25) is 4.90 Å². The number of hydrogen-bond donors (Lipinski definition) is 3. The molecule has 0 aromatic carbocycles. The number of nitrogens with one attached hydrogen (secondary N) is 1. The van der Waals surface area contributed by atoms with E-state index >= 15 is 0 Å². The van der Waals surface area contributed by atoms with E-state index in [9.17, 15) is 9.59 Å². The Balaban J connectivity index is 2.68. The van der Waals surface area contributed by atoms with E-state index in [0.29, 0.717) is 19.3 Å². The molecule has 0 saturated carbocycles. The highest BCUT2D eigenvalue weighted by Gasteiger charge is 2.28. The molecular weight excluding hydrogens is 238 g/mol. The first-order chi connectivity index (χ1) is 8.56. The third kappa shape index (κ3) is 3.76. The molecule has 1 atom stereocenters. The number of aliphatic carboxylic acids is 1. The van der Waals surface area contributed by atoms with Gasteiger partial charge >= 0.3 is 12.1 Å². The lowest BCUT2D eigenvalue weighted by atomic mass is 10.1. The molecule has 1 unspecified atom stereocenters. The molecule has 0 aliphatic rings. The summed E-state index contributed by atoms with van der Waals surface area (Å²) in [5.74, 6) is -1.11. The Morgan fingerprint density at radius 2 is 2.22 bits per heavy atom. The molecule has 1 amide bonds. The Morgan fingerprint density at radius 3 is 2.67 bits per heavy atom. The molecule has 3 N–H and O–H groups in total. The van der Waals surface area contributed by atoms with Crippen molar-refractivity contribution >= 4 is 12.1 Å². The van der Waals surface area contributed by atoms with Crippen molar-refractivity contribution in [2.45, 2.75) is 32.2 Å². The van der Waals surface area contributed by atoms with Crippen LogP contribution in [0.5, 0.6) is 0 Å². The maximum Gasteiger partial charge on any atom is 0.408 e. The van der Waals surface area contributed by atoms with Crippen molar-refractivity contribution in [2.75, 3.05) is 6.54 Å². The highest BCUT2D eigenvalue weighted by atomic mass is 16.4. The first-order valence-electron chi connectivity index (χ1n) is 5.75. The van der Waals surface area contributed by atoms with Crippen molar-refractivity contribution in [2.24, 2.45) is 0 Å². The van der Waals surface area contributed by atoms with Gasteiger partial charge in [0.15, 0.2) is 0 Å². The number of carbonyl (C=O) groups is 2. The molecule has 0 aliphatic carbocycles. The van der Waals surface area contributed by atoms with Crippen LogP contribution in [0.1, 0.15) is 25.5 Å². The van der Waals surface area contributed by atoms with Crippen molar-refractivity contribution in [3.05, 3.63) is 18.2 Å². The monoisotopic (exact) mass is 255 g/mol. The molecule has 18 heavy (non-hydrogen) atoms. The van der Waals surface area contributed by atoms with Gasteiger partial charge in [0.25, 0.3) is 0 Å². The lowest BCUT2D eigenvalue weighted by Crippen LogP contribution is -2.45. The standard InChI is InChI=1S/C11H17N3O4/c1-2-3-9(10(15)16)14(11(17)18)5-4-8-6-12-7-13-8/h6-7,9H,2-5H2,1H3,(H,12,13)(H,15,16)(H,17,18). The normalized spacial score (nSPS) is 12.1. The Labute approximate surface area is 104 Å². The van der Waals surface area contributed by atoms with Gasteiger partial charge in [0.2, 0.25) is 0 Å². The van der Waals surface area contributed by atoms with Crippen LogP contribution in [0.4, 0.5) is 4.79 Å². The summed E-state index contributed by atoms with van der Waals surface area (Å²) in [5, 5.41) is 18.1. The summed E-state index contributed by atoms with van der Waals surface area (Å²) in [4.78, 5) is 29.8. The Kier molecular flexibility index (Phi) is 5.16.